The molecule has 0 spiro atoms. The number of hydrogen-bond donors (Lipinski definition) is 2. The summed E-state index contributed by atoms with van der Waals surface area (Å²) in [7, 11) is 4.16. The summed E-state index contributed by atoms with van der Waals surface area (Å²) in [4.78, 5) is 2.19. The average Bonchev–Trinajstić information content (AvgIpc) is 2.26. The van der Waals surface area contributed by atoms with Gasteiger partial charge in [-0.25, -0.2) is 0 Å². The van der Waals surface area contributed by atoms with Gasteiger partial charge in [-0.15, -0.1) is 0 Å². The quantitative estimate of drug-likeness (QED) is 0.807. The Morgan fingerprint density at radius 2 is 2.05 bits per heavy atom. The largest absolute Gasteiger partial charge is 0.387 e. The SMILES string of the molecule is CN(C)CC(C)(C)CNCC(O)c1cccc(Br)c1. The van der Waals surface area contributed by atoms with Gasteiger partial charge in [-0.3, -0.25) is 0 Å². The Hall–Kier alpha value is -0.420. The smallest absolute Gasteiger partial charge is 0.0914 e. The second-order valence-corrected chi connectivity index (χ2v) is 7.02. The van der Waals surface area contributed by atoms with Gasteiger partial charge in [-0.1, -0.05) is 41.9 Å². The molecule has 0 fully saturated rings. The fraction of sp³-hybridized carbons (Fsp3) is 0.600. The Balaban J connectivity index is 2.40. The van der Waals surface area contributed by atoms with Crippen LogP contribution in [0, 0.1) is 5.41 Å². The highest BCUT2D eigenvalue weighted by molar-refractivity contribution is 9.10. The summed E-state index contributed by atoms with van der Waals surface area (Å²) in [5, 5.41) is 13.5. The van der Waals surface area contributed by atoms with E-state index in [9.17, 15) is 5.11 Å². The molecule has 0 saturated carbocycles. The van der Waals surface area contributed by atoms with E-state index in [-0.39, 0.29) is 5.41 Å². The molecule has 2 N–H and O–H groups in total. The molecule has 0 radical (unpaired) electrons. The van der Waals surface area contributed by atoms with Crippen molar-refractivity contribution in [3.8, 4) is 0 Å². The van der Waals surface area contributed by atoms with Crippen LogP contribution in [0.3, 0.4) is 0 Å². The second-order valence-electron chi connectivity index (χ2n) is 6.10. The minimum absolute atomic E-state index is 0.195. The molecule has 19 heavy (non-hydrogen) atoms. The van der Waals surface area contributed by atoms with E-state index in [0.717, 1.165) is 23.1 Å². The van der Waals surface area contributed by atoms with Crippen LogP contribution in [-0.4, -0.2) is 43.7 Å². The van der Waals surface area contributed by atoms with Crippen LogP contribution < -0.4 is 5.32 Å². The van der Waals surface area contributed by atoms with Crippen LogP contribution in [0.2, 0.25) is 0 Å². The molecule has 0 heterocycles. The predicted molar refractivity (Wildman–Crippen MR) is 84.3 cm³/mol. The van der Waals surface area contributed by atoms with Crippen molar-refractivity contribution in [1.29, 1.82) is 0 Å². The van der Waals surface area contributed by atoms with E-state index in [2.05, 4.69) is 54.1 Å². The fourth-order valence-electron chi connectivity index (χ4n) is 2.29. The molecule has 1 rings (SSSR count). The maximum absolute atomic E-state index is 10.1. The third-order valence-corrected chi connectivity index (χ3v) is 3.41. The molecule has 1 unspecified atom stereocenters. The van der Waals surface area contributed by atoms with Crippen LogP contribution in [0.5, 0.6) is 0 Å². The lowest BCUT2D eigenvalue weighted by Crippen LogP contribution is -2.38. The third-order valence-electron chi connectivity index (χ3n) is 2.92. The molecule has 0 saturated heterocycles. The molecular formula is C15H25BrN2O. The molecular weight excluding hydrogens is 304 g/mol. The summed E-state index contributed by atoms with van der Waals surface area (Å²) in [6.07, 6.45) is -0.465. The number of halogens is 1. The first-order chi connectivity index (χ1) is 8.80. The van der Waals surface area contributed by atoms with Gasteiger partial charge >= 0.3 is 0 Å². The van der Waals surface area contributed by atoms with Gasteiger partial charge in [-0.2, -0.15) is 0 Å². The molecule has 1 aromatic rings. The highest BCUT2D eigenvalue weighted by Gasteiger charge is 2.19. The Kier molecular flexibility index (Phi) is 6.47. The highest BCUT2D eigenvalue weighted by Crippen LogP contribution is 2.18. The zero-order valence-corrected chi connectivity index (χ0v) is 13.9. The van der Waals surface area contributed by atoms with Gasteiger partial charge < -0.3 is 15.3 Å². The summed E-state index contributed by atoms with van der Waals surface area (Å²) >= 11 is 3.42. The number of hydrogen-bond acceptors (Lipinski definition) is 3. The van der Waals surface area contributed by atoms with Gasteiger partial charge in [0.2, 0.25) is 0 Å². The Morgan fingerprint density at radius 3 is 2.63 bits per heavy atom. The topological polar surface area (TPSA) is 35.5 Å². The molecule has 0 aromatic heterocycles. The van der Waals surface area contributed by atoms with E-state index in [1.807, 2.05) is 24.3 Å². The van der Waals surface area contributed by atoms with Gasteiger partial charge in [0, 0.05) is 24.1 Å². The lowest BCUT2D eigenvalue weighted by molar-refractivity contribution is 0.162. The van der Waals surface area contributed by atoms with Crippen LogP contribution in [0.4, 0.5) is 0 Å². The van der Waals surface area contributed by atoms with Crippen molar-refractivity contribution < 1.29 is 5.11 Å². The lowest BCUT2D eigenvalue weighted by atomic mass is 9.93. The van der Waals surface area contributed by atoms with Crippen molar-refractivity contribution in [2.75, 3.05) is 33.7 Å². The third kappa shape index (κ3) is 6.52. The Labute approximate surface area is 125 Å². The molecule has 4 heteroatoms. The van der Waals surface area contributed by atoms with Crippen LogP contribution in [0.15, 0.2) is 28.7 Å². The summed E-state index contributed by atoms with van der Waals surface area (Å²) in [6.45, 7) is 6.94. The standard InChI is InChI=1S/C15H25BrN2O/c1-15(2,11-18(3)4)10-17-9-14(19)12-6-5-7-13(16)8-12/h5-8,14,17,19H,9-11H2,1-4H3. The molecule has 1 aromatic carbocycles. The number of rotatable bonds is 7. The summed E-state index contributed by atoms with van der Waals surface area (Å²) in [5.41, 5.74) is 1.13. The van der Waals surface area contributed by atoms with Crippen molar-refractivity contribution >= 4 is 15.9 Å². The predicted octanol–water partition coefficient (Wildman–Crippen LogP) is 2.66. The van der Waals surface area contributed by atoms with Crippen LogP contribution in [0.1, 0.15) is 25.5 Å². The molecule has 3 nitrogen and oxygen atoms in total. The van der Waals surface area contributed by atoms with E-state index in [1.54, 1.807) is 0 Å². The van der Waals surface area contributed by atoms with Crippen molar-refractivity contribution in [3.05, 3.63) is 34.3 Å². The molecule has 108 valence electrons. The first-order valence-corrected chi connectivity index (χ1v) is 7.38. The van der Waals surface area contributed by atoms with Crippen LogP contribution in [0.25, 0.3) is 0 Å². The zero-order valence-electron chi connectivity index (χ0n) is 12.3. The van der Waals surface area contributed by atoms with Gasteiger partial charge in [0.15, 0.2) is 0 Å². The van der Waals surface area contributed by atoms with Crippen molar-refractivity contribution in [1.82, 2.24) is 10.2 Å². The summed E-state index contributed by atoms with van der Waals surface area (Å²) in [5.74, 6) is 0. The van der Waals surface area contributed by atoms with Crippen LogP contribution >= 0.6 is 15.9 Å². The second kappa shape index (κ2) is 7.39. The molecule has 0 aliphatic heterocycles. The molecule has 1 atom stereocenters. The van der Waals surface area contributed by atoms with E-state index in [1.165, 1.54) is 0 Å². The van der Waals surface area contributed by atoms with Crippen molar-refractivity contribution in [2.45, 2.75) is 20.0 Å². The Morgan fingerprint density at radius 1 is 1.37 bits per heavy atom. The normalized spacial score (nSPS) is 13.8. The number of aliphatic hydroxyl groups is 1. The Bertz CT molecular complexity index is 393. The molecule has 0 aliphatic rings. The molecule has 0 amide bonds. The van der Waals surface area contributed by atoms with Gasteiger partial charge in [0.05, 0.1) is 6.10 Å². The maximum Gasteiger partial charge on any atom is 0.0914 e. The van der Waals surface area contributed by atoms with Crippen molar-refractivity contribution in [3.63, 3.8) is 0 Å². The van der Waals surface area contributed by atoms with Crippen LogP contribution in [-0.2, 0) is 0 Å². The lowest BCUT2D eigenvalue weighted by Gasteiger charge is -2.29. The average molecular weight is 329 g/mol. The van der Waals surface area contributed by atoms with E-state index >= 15 is 0 Å². The first kappa shape index (κ1) is 16.6. The highest BCUT2D eigenvalue weighted by atomic mass is 79.9. The summed E-state index contributed by atoms with van der Waals surface area (Å²) in [6, 6.07) is 7.81. The van der Waals surface area contributed by atoms with Gasteiger partial charge in [0.25, 0.3) is 0 Å². The minimum Gasteiger partial charge on any atom is -0.387 e. The number of nitrogens with zero attached hydrogens (tertiary/aromatic N) is 1. The minimum atomic E-state index is -0.465. The maximum atomic E-state index is 10.1. The van der Waals surface area contributed by atoms with E-state index < -0.39 is 6.10 Å². The number of benzene rings is 1. The van der Waals surface area contributed by atoms with Gasteiger partial charge in [-0.05, 0) is 37.2 Å². The van der Waals surface area contributed by atoms with E-state index in [4.69, 9.17) is 0 Å². The van der Waals surface area contributed by atoms with Crippen molar-refractivity contribution in [2.24, 2.45) is 5.41 Å². The zero-order chi connectivity index (χ0) is 14.5. The monoisotopic (exact) mass is 328 g/mol. The summed E-state index contributed by atoms with van der Waals surface area (Å²) < 4.78 is 0.997. The number of nitrogens with one attached hydrogen (secondary N) is 1. The van der Waals surface area contributed by atoms with E-state index in [0.29, 0.717) is 6.54 Å². The molecule has 0 aliphatic carbocycles. The first-order valence-electron chi connectivity index (χ1n) is 6.59. The number of aliphatic hydroxyl groups excluding tert-OH is 1. The molecule has 0 bridgehead atoms. The fourth-order valence-corrected chi connectivity index (χ4v) is 2.71. The van der Waals surface area contributed by atoms with Gasteiger partial charge in [0.1, 0.15) is 0 Å².